The number of hydrogen-bond acceptors (Lipinski definition) is 6. The number of carbonyl (C=O) groups excluding carboxylic acids is 2. The fourth-order valence-corrected chi connectivity index (χ4v) is 8.15. The molecule has 4 aliphatic rings. The number of likely N-dealkylation sites (tertiary alicyclic amines) is 1. The predicted octanol–water partition coefficient (Wildman–Crippen LogP) is 6.90. The monoisotopic (exact) mass is 634 g/mol. The van der Waals surface area contributed by atoms with Crippen LogP contribution in [0.15, 0.2) is 66.7 Å². The van der Waals surface area contributed by atoms with Gasteiger partial charge in [-0.15, -0.1) is 0 Å². The van der Waals surface area contributed by atoms with Crippen molar-refractivity contribution < 1.29 is 19.3 Å². The molecule has 1 saturated heterocycles. The summed E-state index contributed by atoms with van der Waals surface area (Å²) in [5.41, 5.74) is 10.1. The van der Waals surface area contributed by atoms with Crippen LogP contribution in [0.5, 0.6) is 5.75 Å². The molecule has 3 heterocycles. The molecule has 8 rings (SSSR count). The highest BCUT2D eigenvalue weighted by molar-refractivity contribution is 6.01. The summed E-state index contributed by atoms with van der Waals surface area (Å²) in [6, 6.07) is 23.0. The number of aromatic nitrogens is 1. The fourth-order valence-electron chi connectivity index (χ4n) is 8.15. The third-order valence-electron chi connectivity index (χ3n) is 10.7. The minimum Gasteiger partial charge on any atom is -0.497 e. The van der Waals surface area contributed by atoms with Crippen LogP contribution in [0.1, 0.15) is 83.3 Å². The van der Waals surface area contributed by atoms with Crippen LogP contribution in [0.3, 0.4) is 0 Å². The molecule has 3 fully saturated rings. The van der Waals surface area contributed by atoms with Crippen molar-refractivity contribution in [2.24, 2.45) is 5.41 Å². The second kappa shape index (κ2) is 12.9. The van der Waals surface area contributed by atoms with Crippen molar-refractivity contribution in [3.63, 3.8) is 0 Å². The van der Waals surface area contributed by atoms with Gasteiger partial charge < -0.3 is 19.0 Å². The highest BCUT2D eigenvalue weighted by Gasteiger charge is 2.58. The number of fused-ring (bicyclic) bond motifs is 7. The average Bonchev–Trinajstić information content (AvgIpc) is 3.75. The van der Waals surface area contributed by atoms with Crippen molar-refractivity contribution in [3.05, 3.63) is 89.0 Å². The Kier molecular flexibility index (Phi) is 8.68. The minimum atomic E-state index is -0.422. The molecule has 2 saturated carbocycles. The number of carbonyl (C=O) groups is 2. The molecule has 0 spiro atoms. The number of hydroxylamine groups is 3. The third kappa shape index (κ3) is 5.99. The zero-order chi connectivity index (χ0) is 32.7. The number of amides is 1. The molecule has 8 nitrogen and oxygen atoms in total. The van der Waals surface area contributed by atoms with Crippen LogP contribution in [-0.4, -0.2) is 68.1 Å². The normalized spacial score (nSPS) is 22.2. The number of nitrogens with one attached hydrogen (secondary N) is 1. The molecule has 2 aliphatic carbocycles. The van der Waals surface area contributed by atoms with Gasteiger partial charge in [-0.3, -0.25) is 4.79 Å². The molecule has 2 aliphatic heterocycles. The van der Waals surface area contributed by atoms with Crippen LogP contribution in [0.25, 0.3) is 22.2 Å². The molecule has 0 bridgehead atoms. The molecule has 1 N–H and O–H groups in total. The molecule has 1 aromatic heterocycles. The second-order valence-corrected chi connectivity index (χ2v) is 14.1. The van der Waals surface area contributed by atoms with Gasteiger partial charge in [-0.25, -0.2) is 5.48 Å². The van der Waals surface area contributed by atoms with E-state index in [0.29, 0.717) is 18.0 Å². The van der Waals surface area contributed by atoms with Crippen molar-refractivity contribution in [2.45, 2.75) is 62.8 Å². The van der Waals surface area contributed by atoms with E-state index in [0.717, 1.165) is 29.9 Å². The van der Waals surface area contributed by atoms with Crippen LogP contribution < -0.4 is 10.2 Å². The van der Waals surface area contributed by atoms with Gasteiger partial charge in [0.05, 0.1) is 18.2 Å². The van der Waals surface area contributed by atoms with E-state index in [1.807, 2.05) is 18.2 Å². The first kappa shape index (κ1) is 31.6. The predicted molar refractivity (Wildman–Crippen MR) is 185 cm³/mol. The highest BCUT2D eigenvalue weighted by Crippen LogP contribution is 2.64. The van der Waals surface area contributed by atoms with Crippen LogP contribution >= 0.6 is 0 Å². The number of aldehydes is 1. The first-order chi connectivity index (χ1) is 22.8. The topological polar surface area (TPSA) is 76.0 Å². The molecule has 0 radical (unpaired) electrons. The molecular formula is C39H46N4O4. The van der Waals surface area contributed by atoms with Gasteiger partial charge in [-0.1, -0.05) is 55.7 Å². The largest absolute Gasteiger partial charge is 0.497 e. The van der Waals surface area contributed by atoms with Crippen LogP contribution in [0.4, 0.5) is 0 Å². The minimum absolute atomic E-state index is 0.189. The van der Waals surface area contributed by atoms with Crippen molar-refractivity contribution in [2.75, 3.05) is 41.3 Å². The number of rotatable bonds is 7. The van der Waals surface area contributed by atoms with Crippen LogP contribution in [0, 0.1) is 5.41 Å². The summed E-state index contributed by atoms with van der Waals surface area (Å²) in [4.78, 5) is 32.9. The lowest BCUT2D eigenvalue weighted by atomic mass is 9.81. The second-order valence-electron chi connectivity index (χ2n) is 14.1. The number of benzene rings is 3. The number of methoxy groups -OCH3 is 1. The van der Waals surface area contributed by atoms with Gasteiger partial charge in [-0.05, 0) is 85.2 Å². The Bertz CT molecular complexity index is 1770. The van der Waals surface area contributed by atoms with Crippen molar-refractivity contribution in [3.8, 4) is 17.0 Å². The summed E-state index contributed by atoms with van der Waals surface area (Å²) in [7, 11) is 7.28. The van der Waals surface area contributed by atoms with Gasteiger partial charge in [0.1, 0.15) is 12.0 Å². The third-order valence-corrected chi connectivity index (χ3v) is 10.7. The van der Waals surface area contributed by atoms with Crippen molar-refractivity contribution in [1.82, 2.24) is 20.0 Å². The van der Waals surface area contributed by atoms with Crippen LogP contribution in [-0.2, 0) is 16.3 Å². The van der Waals surface area contributed by atoms with E-state index in [4.69, 9.17) is 9.68 Å². The van der Waals surface area contributed by atoms with Gasteiger partial charge in [-0.2, -0.15) is 10.0 Å². The molecule has 2 unspecified atom stereocenters. The quantitative estimate of drug-likeness (QED) is 0.176. The Balaban J connectivity index is 0.000000269. The van der Waals surface area contributed by atoms with Gasteiger partial charge in [0.2, 0.25) is 0 Å². The molecule has 2 atom stereocenters. The summed E-state index contributed by atoms with van der Waals surface area (Å²) in [6.45, 7) is 3.07. The Hall–Kier alpha value is -3.98. The first-order valence-corrected chi connectivity index (χ1v) is 17.0. The smallest absolute Gasteiger partial charge is 0.276 e. The van der Waals surface area contributed by atoms with Gasteiger partial charge in [0.15, 0.2) is 0 Å². The SMILES string of the molecule is CN1CC(c2ccccc2)C1.COc1ccc2c(c1)C1CC1(C=O)Cn1c-2c(C2CCCCC2)c2ccc(C(=O)NON(C)C)cc21. The summed E-state index contributed by atoms with van der Waals surface area (Å²) in [6.07, 6.45) is 8.07. The fraction of sp³-hybridized carbons (Fsp3) is 0.436. The molecule has 1 amide bonds. The van der Waals surface area contributed by atoms with E-state index < -0.39 is 5.41 Å². The summed E-state index contributed by atoms with van der Waals surface area (Å²) >= 11 is 0. The summed E-state index contributed by atoms with van der Waals surface area (Å²) in [5, 5.41) is 2.62. The number of ether oxygens (including phenoxy) is 1. The molecule has 4 aromatic rings. The zero-order valence-electron chi connectivity index (χ0n) is 28.0. The molecule has 3 aromatic carbocycles. The Morgan fingerprint density at radius 3 is 2.43 bits per heavy atom. The van der Waals surface area contributed by atoms with E-state index in [9.17, 15) is 9.59 Å². The maximum atomic E-state index is 12.9. The molecule has 47 heavy (non-hydrogen) atoms. The standard InChI is InChI=1S/C29H33N3O4.C10H13N/c1-31(2)36-30-28(34)19-9-11-22-25(13-19)32-16-29(17-33)15-24(29)23-14-20(35-3)10-12-21(23)27(32)26(22)18-7-5-4-6-8-18;1-11-7-10(8-11)9-5-3-2-4-6-9/h9-14,17-18,24H,4-8,15-16H2,1-3H3,(H,30,34);2-6,10H,7-8H2,1H3. The van der Waals surface area contributed by atoms with Gasteiger partial charge in [0.25, 0.3) is 5.91 Å². The van der Waals surface area contributed by atoms with Gasteiger partial charge >= 0.3 is 0 Å². The van der Waals surface area contributed by atoms with E-state index in [1.165, 1.54) is 83.6 Å². The lowest BCUT2D eigenvalue weighted by molar-refractivity contribution is -0.161. The van der Waals surface area contributed by atoms with Crippen molar-refractivity contribution in [1.29, 1.82) is 0 Å². The molecule has 8 heteroatoms. The summed E-state index contributed by atoms with van der Waals surface area (Å²) < 4.78 is 7.90. The Morgan fingerprint density at radius 1 is 0.979 bits per heavy atom. The van der Waals surface area contributed by atoms with Gasteiger partial charge in [0, 0.05) is 61.7 Å². The van der Waals surface area contributed by atoms with E-state index in [-0.39, 0.29) is 11.8 Å². The maximum absolute atomic E-state index is 12.9. The van der Waals surface area contributed by atoms with Crippen molar-refractivity contribution >= 4 is 23.1 Å². The summed E-state index contributed by atoms with van der Waals surface area (Å²) in [5.74, 6) is 1.97. The number of hydrogen-bond donors (Lipinski definition) is 1. The van der Waals surface area contributed by atoms with Crippen LogP contribution in [0.2, 0.25) is 0 Å². The lowest BCUT2D eigenvalue weighted by Gasteiger charge is -2.36. The van der Waals surface area contributed by atoms with E-state index in [1.54, 1.807) is 21.2 Å². The zero-order valence-corrected chi connectivity index (χ0v) is 28.0. The Labute approximate surface area is 277 Å². The first-order valence-electron chi connectivity index (χ1n) is 17.0. The Morgan fingerprint density at radius 2 is 1.74 bits per heavy atom. The highest BCUT2D eigenvalue weighted by atomic mass is 16.8. The van der Waals surface area contributed by atoms with E-state index in [2.05, 4.69) is 70.5 Å². The number of nitrogens with zero attached hydrogens (tertiary/aromatic N) is 3. The molecular weight excluding hydrogens is 588 g/mol. The molecule has 246 valence electrons. The lowest BCUT2D eigenvalue weighted by Crippen LogP contribution is -2.41. The maximum Gasteiger partial charge on any atom is 0.276 e. The average molecular weight is 635 g/mol. The number of likely N-dealkylation sites (N-methyl/N-ethyl adjacent to an activating group) is 1. The van der Waals surface area contributed by atoms with E-state index >= 15 is 0 Å².